The highest BCUT2D eigenvalue weighted by Crippen LogP contribution is 2.23. The summed E-state index contributed by atoms with van der Waals surface area (Å²) in [6.07, 6.45) is 1.64. The maximum Gasteiger partial charge on any atom is 0.255 e. The maximum atomic E-state index is 12.3. The average Bonchev–Trinajstić information content (AvgIpc) is 2.83. The smallest absolute Gasteiger partial charge is 0.255 e. The van der Waals surface area contributed by atoms with E-state index in [1.54, 1.807) is 11.9 Å². The number of rotatable bonds is 3. The summed E-state index contributed by atoms with van der Waals surface area (Å²) in [5, 5.41) is 0. The highest BCUT2D eigenvalue weighted by Gasteiger charge is 2.30. The fourth-order valence-corrected chi connectivity index (χ4v) is 2.22. The minimum atomic E-state index is -0.300. The predicted molar refractivity (Wildman–Crippen MR) is 71.3 cm³/mol. The van der Waals surface area contributed by atoms with Crippen molar-refractivity contribution in [2.24, 2.45) is 5.73 Å². The highest BCUT2D eigenvalue weighted by molar-refractivity contribution is 5.96. The van der Waals surface area contributed by atoms with Gasteiger partial charge in [0, 0.05) is 19.3 Å². The van der Waals surface area contributed by atoms with Crippen molar-refractivity contribution in [2.45, 2.75) is 38.5 Å². The zero-order valence-corrected chi connectivity index (χ0v) is 10.9. The topological polar surface area (TPSA) is 55.6 Å². The molecule has 4 nitrogen and oxygen atoms in total. The molecule has 18 heavy (non-hydrogen) atoms. The minimum absolute atomic E-state index is 0.0218. The number of benzene rings is 1. The number of anilines is 1. The molecule has 0 aliphatic carbocycles. The van der Waals surface area contributed by atoms with Crippen molar-refractivity contribution in [3.05, 3.63) is 29.8 Å². The molecule has 0 bridgehead atoms. The zero-order chi connectivity index (χ0) is 13.1. The molecule has 98 valence electrons. The zero-order valence-electron chi connectivity index (χ0n) is 10.9. The van der Waals surface area contributed by atoms with E-state index in [2.05, 4.69) is 0 Å². The SMILES string of the molecule is CC1CCC(C(=O)N(C)c2cccc(CN)c2)O1. The Balaban J connectivity index is 2.10. The lowest BCUT2D eigenvalue weighted by molar-refractivity contribution is -0.128. The van der Waals surface area contributed by atoms with Crippen LogP contribution in [0, 0.1) is 0 Å². The van der Waals surface area contributed by atoms with E-state index < -0.39 is 0 Å². The first-order valence-corrected chi connectivity index (χ1v) is 6.34. The summed E-state index contributed by atoms with van der Waals surface area (Å²) in [5.41, 5.74) is 7.50. The Bertz CT molecular complexity index is 434. The summed E-state index contributed by atoms with van der Waals surface area (Å²) in [4.78, 5) is 13.9. The average molecular weight is 248 g/mol. The first kappa shape index (κ1) is 13.1. The van der Waals surface area contributed by atoms with E-state index >= 15 is 0 Å². The van der Waals surface area contributed by atoms with E-state index in [0.717, 1.165) is 24.1 Å². The first-order valence-electron chi connectivity index (χ1n) is 6.34. The monoisotopic (exact) mass is 248 g/mol. The number of nitrogens with zero attached hydrogens (tertiary/aromatic N) is 1. The number of carbonyl (C=O) groups is 1. The molecule has 1 aromatic rings. The van der Waals surface area contributed by atoms with Gasteiger partial charge in [0.15, 0.2) is 0 Å². The summed E-state index contributed by atoms with van der Waals surface area (Å²) in [6.45, 7) is 2.48. The van der Waals surface area contributed by atoms with Gasteiger partial charge in [-0.3, -0.25) is 4.79 Å². The van der Waals surface area contributed by atoms with E-state index in [0.29, 0.717) is 6.54 Å². The molecule has 2 rings (SSSR count). The Morgan fingerprint density at radius 1 is 1.50 bits per heavy atom. The molecule has 0 spiro atoms. The van der Waals surface area contributed by atoms with Gasteiger partial charge in [-0.1, -0.05) is 12.1 Å². The van der Waals surface area contributed by atoms with Crippen LogP contribution in [0.25, 0.3) is 0 Å². The molecule has 2 unspecified atom stereocenters. The van der Waals surface area contributed by atoms with Gasteiger partial charge in [0.2, 0.25) is 0 Å². The summed E-state index contributed by atoms with van der Waals surface area (Å²) < 4.78 is 5.61. The van der Waals surface area contributed by atoms with Gasteiger partial charge in [-0.25, -0.2) is 0 Å². The number of likely N-dealkylation sites (N-methyl/N-ethyl adjacent to an activating group) is 1. The Morgan fingerprint density at radius 2 is 2.28 bits per heavy atom. The number of nitrogens with two attached hydrogens (primary N) is 1. The number of amides is 1. The van der Waals surface area contributed by atoms with Crippen molar-refractivity contribution in [3.63, 3.8) is 0 Å². The van der Waals surface area contributed by atoms with Crippen LogP contribution in [0.15, 0.2) is 24.3 Å². The lowest BCUT2D eigenvalue weighted by atomic mass is 10.1. The van der Waals surface area contributed by atoms with Gasteiger partial charge in [-0.05, 0) is 37.5 Å². The van der Waals surface area contributed by atoms with Gasteiger partial charge < -0.3 is 15.4 Å². The third-order valence-corrected chi connectivity index (χ3v) is 3.37. The van der Waals surface area contributed by atoms with E-state index in [9.17, 15) is 4.79 Å². The van der Waals surface area contributed by atoms with Gasteiger partial charge in [0.1, 0.15) is 6.10 Å². The van der Waals surface area contributed by atoms with Crippen LogP contribution in [0.4, 0.5) is 5.69 Å². The third-order valence-electron chi connectivity index (χ3n) is 3.37. The molecule has 4 heteroatoms. The molecule has 0 radical (unpaired) electrons. The van der Waals surface area contributed by atoms with Gasteiger partial charge in [0.25, 0.3) is 5.91 Å². The molecule has 2 N–H and O–H groups in total. The minimum Gasteiger partial charge on any atom is -0.365 e. The molecule has 1 aliphatic heterocycles. The van der Waals surface area contributed by atoms with Gasteiger partial charge in [-0.2, -0.15) is 0 Å². The summed E-state index contributed by atoms with van der Waals surface area (Å²) in [5.74, 6) is 0.0218. The molecular formula is C14H20N2O2. The van der Waals surface area contributed by atoms with Crippen molar-refractivity contribution >= 4 is 11.6 Å². The molecule has 0 saturated carbocycles. The Labute approximate surface area is 108 Å². The van der Waals surface area contributed by atoms with Crippen LogP contribution in [0.3, 0.4) is 0 Å². The normalized spacial score (nSPS) is 23.1. The van der Waals surface area contributed by atoms with Gasteiger partial charge in [-0.15, -0.1) is 0 Å². The number of hydrogen-bond donors (Lipinski definition) is 1. The Hall–Kier alpha value is -1.39. The fourth-order valence-electron chi connectivity index (χ4n) is 2.22. The maximum absolute atomic E-state index is 12.3. The molecular weight excluding hydrogens is 228 g/mol. The van der Waals surface area contributed by atoms with Crippen LogP contribution >= 0.6 is 0 Å². The second kappa shape index (κ2) is 5.50. The predicted octanol–water partition coefficient (Wildman–Crippen LogP) is 1.68. The van der Waals surface area contributed by atoms with Gasteiger partial charge >= 0.3 is 0 Å². The van der Waals surface area contributed by atoms with Crippen molar-refractivity contribution in [1.29, 1.82) is 0 Å². The van der Waals surface area contributed by atoms with Crippen molar-refractivity contribution in [2.75, 3.05) is 11.9 Å². The summed E-state index contributed by atoms with van der Waals surface area (Å²) in [6, 6.07) is 7.72. The second-order valence-corrected chi connectivity index (χ2v) is 4.78. The van der Waals surface area contributed by atoms with Crippen molar-refractivity contribution < 1.29 is 9.53 Å². The fraction of sp³-hybridized carbons (Fsp3) is 0.500. The molecule has 2 atom stereocenters. The largest absolute Gasteiger partial charge is 0.365 e. The van der Waals surface area contributed by atoms with E-state index in [4.69, 9.17) is 10.5 Å². The quantitative estimate of drug-likeness (QED) is 0.885. The standard InChI is InChI=1S/C14H20N2O2/c1-10-6-7-13(18-10)14(17)16(2)12-5-3-4-11(8-12)9-15/h3-5,8,10,13H,6-7,9,15H2,1-2H3. The van der Waals surface area contributed by atoms with Crippen molar-refractivity contribution in [1.82, 2.24) is 0 Å². The van der Waals surface area contributed by atoms with Crippen LogP contribution in [0.1, 0.15) is 25.3 Å². The molecule has 1 aromatic carbocycles. The van der Waals surface area contributed by atoms with E-state index in [-0.39, 0.29) is 18.1 Å². The van der Waals surface area contributed by atoms with Crippen LogP contribution in [-0.4, -0.2) is 25.2 Å². The lowest BCUT2D eigenvalue weighted by Gasteiger charge is -2.21. The molecule has 1 aliphatic rings. The lowest BCUT2D eigenvalue weighted by Crippen LogP contribution is -2.36. The highest BCUT2D eigenvalue weighted by atomic mass is 16.5. The van der Waals surface area contributed by atoms with Gasteiger partial charge in [0.05, 0.1) is 6.10 Å². The van der Waals surface area contributed by atoms with E-state index in [1.807, 2.05) is 31.2 Å². The molecule has 1 saturated heterocycles. The molecule has 1 heterocycles. The summed E-state index contributed by atoms with van der Waals surface area (Å²) >= 11 is 0. The molecule has 1 amide bonds. The second-order valence-electron chi connectivity index (χ2n) is 4.78. The van der Waals surface area contributed by atoms with Crippen LogP contribution < -0.4 is 10.6 Å². The van der Waals surface area contributed by atoms with Crippen LogP contribution in [0.2, 0.25) is 0 Å². The molecule has 1 fully saturated rings. The number of carbonyl (C=O) groups excluding carboxylic acids is 1. The number of ether oxygens (including phenoxy) is 1. The third kappa shape index (κ3) is 2.71. The first-order chi connectivity index (χ1) is 8.61. The van der Waals surface area contributed by atoms with E-state index in [1.165, 1.54) is 0 Å². The van der Waals surface area contributed by atoms with Crippen LogP contribution in [0.5, 0.6) is 0 Å². The summed E-state index contributed by atoms with van der Waals surface area (Å²) in [7, 11) is 1.78. The Morgan fingerprint density at radius 3 is 2.89 bits per heavy atom. The molecule has 0 aromatic heterocycles. The Kier molecular flexibility index (Phi) is 3.99. The van der Waals surface area contributed by atoms with Crippen LogP contribution in [-0.2, 0) is 16.1 Å². The number of hydrogen-bond acceptors (Lipinski definition) is 3. The van der Waals surface area contributed by atoms with Crippen molar-refractivity contribution in [3.8, 4) is 0 Å².